The minimum absolute atomic E-state index is 0.127. The van der Waals surface area contributed by atoms with Crippen molar-refractivity contribution in [2.24, 2.45) is 11.3 Å². The summed E-state index contributed by atoms with van der Waals surface area (Å²) in [7, 11) is 0. The van der Waals surface area contributed by atoms with E-state index in [0.717, 1.165) is 12.8 Å². The van der Waals surface area contributed by atoms with E-state index in [9.17, 15) is 9.59 Å². The number of hydrogen-bond acceptors (Lipinski definition) is 2. The molecule has 2 N–H and O–H groups in total. The maximum Gasteiger partial charge on any atom is 0.304 e. The second-order valence-electron chi connectivity index (χ2n) is 6.64. The Bertz CT molecular complexity index is 303. The molecule has 1 amide bonds. The Morgan fingerprint density at radius 1 is 1.17 bits per heavy atom. The number of carbonyl (C=O) groups is 2. The van der Waals surface area contributed by atoms with Crippen molar-refractivity contribution in [2.75, 3.05) is 0 Å². The summed E-state index contributed by atoms with van der Waals surface area (Å²) in [6.07, 6.45) is 1.73. The van der Waals surface area contributed by atoms with Crippen LogP contribution < -0.4 is 5.32 Å². The van der Waals surface area contributed by atoms with Gasteiger partial charge in [-0.15, -0.1) is 0 Å². The summed E-state index contributed by atoms with van der Waals surface area (Å²) in [4.78, 5) is 23.1. The number of rotatable bonds is 6. The number of nitrogens with one attached hydrogen (secondary N) is 1. The molecular weight excluding hydrogens is 230 g/mol. The molecular formula is C14H27NO3. The van der Waals surface area contributed by atoms with Crippen molar-refractivity contribution in [3.05, 3.63) is 0 Å². The number of carboxylic acids is 1. The van der Waals surface area contributed by atoms with Crippen molar-refractivity contribution in [3.63, 3.8) is 0 Å². The number of carbonyl (C=O) groups excluding carboxylic acids is 1. The van der Waals surface area contributed by atoms with Gasteiger partial charge in [0, 0.05) is 5.54 Å². The molecule has 0 aliphatic rings. The van der Waals surface area contributed by atoms with Crippen LogP contribution in [0, 0.1) is 11.3 Å². The van der Waals surface area contributed by atoms with Crippen LogP contribution in [0.4, 0.5) is 0 Å². The summed E-state index contributed by atoms with van der Waals surface area (Å²) < 4.78 is 0. The van der Waals surface area contributed by atoms with E-state index in [4.69, 9.17) is 5.11 Å². The first-order valence-corrected chi connectivity index (χ1v) is 6.53. The van der Waals surface area contributed by atoms with Gasteiger partial charge in [0.25, 0.3) is 0 Å². The lowest BCUT2D eigenvalue weighted by Gasteiger charge is -2.33. The minimum atomic E-state index is -0.932. The molecule has 0 aliphatic carbocycles. The molecule has 0 saturated heterocycles. The maximum absolute atomic E-state index is 12.2. The Labute approximate surface area is 110 Å². The van der Waals surface area contributed by atoms with Gasteiger partial charge in [-0.1, -0.05) is 34.1 Å². The maximum atomic E-state index is 12.2. The summed E-state index contributed by atoms with van der Waals surface area (Å²) in [5.74, 6) is -1.60. The van der Waals surface area contributed by atoms with E-state index >= 15 is 0 Å². The molecule has 0 fully saturated rings. The molecule has 0 radical (unpaired) electrons. The first-order chi connectivity index (χ1) is 7.99. The molecule has 0 aromatic rings. The molecule has 1 atom stereocenters. The van der Waals surface area contributed by atoms with Gasteiger partial charge in [0.2, 0.25) is 5.91 Å². The number of hydrogen-bond donors (Lipinski definition) is 2. The zero-order chi connectivity index (χ0) is 14.6. The van der Waals surface area contributed by atoms with Crippen LogP contribution in [-0.2, 0) is 9.59 Å². The SMILES string of the molecule is CCCC(C)(C)NC(=O)C(CC(=O)O)C(C)(C)C. The molecule has 0 aliphatic heterocycles. The molecule has 0 heterocycles. The van der Waals surface area contributed by atoms with Gasteiger partial charge >= 0.3 is 5.97 Å². The van der Waals surface area contributed by atoms with Gasteiger partial charge in [-0.3, -0.25) is 9.59 Å². The van der Waals surface area contributed by atoms with E-state index in [0.29, 0.717) is 0 Å². The largest absolute Gasteiger partial charge is 0.481 e. The van der Waals surface area contributed by atoms with Gasteiger partial charge in [-0.05, 0) is 25.7 Å². The van der Waals surface area contributed by atoms with Gasteiger partial charge in [0.15, 0.2) is 0 Å². The van der Waals surface area contributed by atoms with Crippen molar-refractivity contribution in [1.82, 2.24) is 5.32 Å². The smallest absolute Gasteiger partial charge is 0.304 e. The zero-order valence-corrected chi connectivity index (χ0v) is 12.5. The number of carboxylic acid groups (broad SMARTS) is 1. The fraction of sp³-hybridized carbons (Fsp3) is 0.857. The first-order valence-electron chi connectivity index (χ1n) is 6.53. The second-order valence-corrected chi connectivity index (χ2v) is 6.64. The Morgan fingerprint density at radius 2 is 1.67 bits per heavy atom. The molecule has 0 aromatic heterocycles. The van der Waals surface area contributed by atoms with E-state index in [1.54, 1.807) is 0 Å². The molecule has 18 heavy (non-hydrogen) atoms. The molecule has 0 saturated carbocycles. The highest BCUT2D eigenvalue weighted by Crippen LogP contribution is 2.29. The Hall–Kier alpha value is -1.06. The first kappa shape index (κ1) is 16.9. The lowest BCUT2D eigenvalue weighted by molar-refractivity contribution is -0.144. The highest BCUT2D eigenvalue weighted by Gasteiger charge is 2.35. The normalized spacial score (nSPS) is 14.1. The lowest BCUT2D eigenvalue weighted by atomic mass is 9.77. The Balaban J connectivity index is 4.82. The minimum Gasteiger partial charge on any atom is -0.481 e. The van der Waals surface area contributed by atoms with Crippen molar-refractivity contribution in [3.8, 4) is 0 Å². The summed E-state index contributed by atoms with van der Waals surface area (Å²) in [6, 6.07) is 0. The van der Waals surface area contributed by atoms with Crippen LogP contribution in [-0.4, -0.2) is 22.5 Å². The predicted molar refractivity (Wildman–Crippen MR) is 72.3 cm³/mol. The van der Waals surface area contributed by atoms with Crippen LogP contribution in [0.15, 0.2) is 0 Å². The van der Waals surface area contributed by atoms with Crippen molar-refractivity contribution in [1.29, 1.82) is 0 Å². The average molecular weight is 257 g/mol. The van der Waals surface area contributed by atoms with Crippen molar-refractivity contribution < 1.29 is 14.7 Å². The predicted octanol–water partition coefficient (Wildman–Crippen LogP) is 2.82. The van der Waals surface area contributed by atoms with E-state index in [1.807, 2.05) is 34.6 Å². The van der Waals surface area contributed by atoms with Crippen LogP contribution >= 0.6 is 0 Å². The van der Waals surface area contributed by atoms with Crippen LogP contribution in [0.1, 0.15) is 60.8 Å². The highest BCUT2D eigenvalue weighted by atomic mass is 16.4. The molecule has 106 valence electrons. The zero-order valence-electron chi connectivity index (χ0n) is 12.5. The number of aliphatic carboxylic acids is 1. The van der Waals surface area contributed by atoms with Gasteiger partial charge in [-0.2, -0.15) is 0 Å². The van der Waals surface area contributed by atoms with Crippen LogP contribution in [0.5, 0.6) is 0 Å². The fourth-order valence-corrected chi connectivity index (χ4v) is 2.07. The van der Waals surface area contributed by atoms with Gasteiger partial charge in [0.05, 0.1) is 12.3 Å². The highest BCUT2D eigenvalue weighted by molar-refractivity contribution is 5.84. The molecule has 4 nitrogen and oxygen atoms in total. The van der Waals surface area contributed by atoms with Crippen LogP contribution in [0.25, 0.3) is 0 Å². The summed E-state index contributed by atoms with van der Waals surface area (Å²) >= 11 is 0. The standard InChI is InChI=1S/C14H27NO3/c1-7-8-14(5,6)15-12(18)10(9-11(16)17)13(2,3)4/h10H,7-9H2,1-6H3,(H,15,18)(H,16,17). The molecule has 0 spiro atoms. The van der Waals surface area contributed by atoms with E-state index in [-0.39, 0.29) is 23.3 Å². The Kier molecular flexibility index (Phi) is 5.84. The van der Waals surface area contributed by atoms with E-state index in [1.165, 1.54) is 0 Å². The molecule has 0 rings (SSSR count). The average Bonchev–Trinajstić information content (AvgIpc) is 2.10. The van der Waals surface area contributed by atoms with Gasteiger partial charge < -0.3 is 10.4 Å². The van der Waals surface area contributed by atoms with Crippen molar-refractivity contribution >= 4 is 11.9 Å². The number of amides is 1. The van der Waals surface area contributed by atoms with E-state index in [2.05, 4.69) is 12.2 Å². The quantitative estimate of drug-likeness (QED) is 0.769. The van der Waals surface area contributed by atoms with Gasteiger partial charge in [0.1, 0.15) is 0 Å². The van der Waals surface area contributed by atoms with E-state index < -0.39 is 11.9 Å². The van der Waals surface area contributed by atoms with Gasteiger partial charge in [-0.25, -0.2) is 0 Å². The summed E-state index contributed by atoms with van der Waals surface area (Å²) in [5, 5.41) is 11.9. The monoisotopic (exact) mass is 257 g/mol. The summed E-state index contributed by atoms with van der Waals surface area (Å²) in [6.45, 7) is 11.7. The second kappa shape index (κ2) is 6.21. The molecule has 0 bridgehead atoms. The third-order valence-electron chi connectivity index (χ3n) is 3.08. The third kappa shape index (κ3) is 6.03. The molecule has 0 aromatic carbocycles. The fourth-order valence-electron chi connectivity index (χ4n) is 2.07. The van der Waals surface area contributed by atoms with Crippen molar-refractivity contribution in [2.45, 2.75) is 66.3 Å². The third-order valence-corrected chi connectivity index (χ3v) is 3.08. The van der Waals surface area contributed by atoms with Crippen LogP contribution in [0.3, 0.4) is 0 Å². The molecule has 1 unspecified atom stereocenters. The molecule has 4 heteroatoms. The topological polar surface area (TPSA) is 66.4 Å². The summed E-state index contributed by atoms with van der Waals surface area (Å²) in [5.41, 5.74) is -0.640. The lowest BCUT2D eigenvalue weighted by Crippen LogP contribution is -2.49. The van der Waals surface area contributed by atoms with Crippen LogP contribution in [0.2, 0.25) is 0 Å². The Morgan fingerprint density at radius 3 is 2.00 bits per heavy atom.